The van der Waals surface area contributed by atoms with Crippen LogP contribution < -0.4 is 9.64 Å². The highest BCUT2D eigenvalue weighted by Crippen LogP contribution is 2.41. The molecule has 142 valence electrons. The van der Waals surface area contributed by atoms with Gasteiger partial charge in [-0.15, -0.1) is 0 Å². The van der Waals surface area contributed by atoms with Gasteiger partial charge in [0.05, 0.1) is 7.11 Å². The summed E-state index contributed by atoms with van der Waals surface area (Å²) in [6.07, 6.45) is 6.85. The van der Waals surface area contributed by atoms with Crippen molar-refractivity contribution in [1.82, 2.24) is 0 Å². The number of hydrogen-bond donors (Lipinski definition) is 0. The van der Waals surface area contributed by atoms with Crippen molar-refractivity contribution in [2.24, 2.45) is 0 Å². The quantitative estimate of drug-likeness (QED) is 0.635. The van der Waals surface area contributed by atoms with Crippen LogP contribution in [-0.4, -0.2) is 18.7 Å². The van der Waals surface area contributed by atoms with Crippen LogP contribution >= 0.6 is 0 Å². The van der Waals surface area contributed by atoms with Gasteiger partial charge in [-0.05, 0) is 65.4 Å². The molecule has 3 aromatic carbocycles. The lowest BCUT2D eigenvalue weighted by molar-refractivity contribution is 0.0995. The molecule has 0 aromatic heterocycles. The summed E-state index contributed by atoms with van der Waals surface area (Å²) in [5, 5.41) is 1.86. The number of rotatable bonds is 3. The number of ketones is 2. The Morgan fingerprint density at radius 3 is 2.34 bits per heavy atom. The molecule has 1 aliphatic heterocycles. The molecule has 29 heavy (non-hydrogen) atoms. The SMILES string of the molecule is COc1ccc(CN2C=Cc3c(C)c4c(c5cccc2c35)C(=O)C=CC4=O)cc1. The van der Waals surface area contributed by atoms with E-state index in [2.05, 4.69) is 11.0 Å². The number of ether oxygens (including phenoxy) is 1. The van der Waals surface area contributed by atoms with Gasteiger partial charge < -0.3 is 9.64 Å². The predicted octanol–water partition coefficient (Wildman–Crippen LogP) is 5.08. The van der Waals surface area contributed by atoms with Crippen molar-refractivity contribution < 1.29 is 14.3 Å². The van der Waals surface area contributed by atoms with Gasteiger partial charge in [-0.3, -0.25) is 9.59 Å². The number of anilines is 1. The third-order valence-electron chi connectivity index (χ3n) is 5.73. The third-order valence-corrected chi connectivity index (χ3v) is 5.73. The van der Waals surface area contributed by atoms with Gasteiger partial charge in [-0.1, -0.05) is 24.3 Å². The Kier molecular flexibility index (Phi) is 3.88. The van der Waals surface area contributed by atoms with E-state index in [1.54, 1.807) is 7.11 Å². The Labute approximate surface area is 168 Å². The van der Waals surface area contributed by atoms with Crippen LogP contribution in [0.25, 0.3) is 16.8 Å². The van der Waals surface area contributed by atoms with Gasteiger partial charge in [0.15, 0.2) is 11.6 Å². The van der Waals surface area contributed by atoms with Crippen molar-refractivity contribution in [3.05, 3.63) is 88.6 Å². The number of benzene rings is 3. The molecule has 5 rings (SSSR count). The van der Waals surface area contributed by atoms with Crippen LogP contribution in [0.1, 0.15) is 37.4 Å². The van der Waals surface area contributed by atoms with Crippen molar-refractivity contribution in [1.29, 1.82) is 0 Å². The monoisotopic (exact) mass is 381 g/mol. The lowest BCUT2D eigenvalue weighted by atomic mass is 9.82. The molecule has 0 N–H and O–H groups in total. The lowest BCUT2D eigenvalue weighted by Crippen LogP contribution is -2.21. The van der Waals surface area contributed by atoms with E-state index in [1.807, 2.05) is 55.6 Å². The molecule has 0 amide bonds. The van der Waals surface area contributed by atoms with Gasteiger partial charge in [-0.2, -0.15) is 0 Å². The standard InChI is InChI=1S/C25H19NO3/c1-15-18-12-13-26(14-16-6-8-17(29-2)9-7-16)20-5-3-4-19(24(18)20)25-22(28)11-10-21(27)23(15)25/h3-13H,14H2,1-2H3. The smallest absolute Gasteiger partial charge is 0.187 e. The molecule has 3 aromatic rings. The molecular weight excluding hydrogens is 362 g/mol. The summed E-state index contributed by atoms with van der Waals surface area (Å²) in [5.74, 6) is 0.617. The number of methoxy groups -OCH3 is 1. The Bertz CT molecular complexity index is 1250. The number of carbonyl (C=O) groups excluding carboxylic acids is 2. The maximum absolute atomic E-state index is 12.7. The van der Waals surface area contributed by atoms with E-state index in [0.29, 0.717) is 17.7 Å². The highest BCUT2D eigenvalue weighted by molar-refractivity contribution is 6.29. The normalized spacial score (nSPS) is 14.5. The zero-order valence-electron chi connectivity index (χ0n) is 16.2. The van der Waals surface area contributed by atoms with Crippen molar-refractivity contribution in [3.8, 4) is 5.75 Å². The second kappa shape index (κ2) is 6.45. The van der Waals surface area contributed by atoms with Crippen LogP contribution in [0.3, 0.4) is 0 Å². The minimum Gasteiger partial charge on any atom is -0.497 e. The first kappa shape index (κ1) is 17.4. The second-order valence-corrected chi connectivity index (χ2v) is 7.34. The maximum Gasteiger partial charge on any atom is 0.187 e. The fraction of sp³-hybridized carbons (Fsp3) is 0.120. The molecule has 0 spiro atoms. The molecule has 0 saturated heterocycles. The second-order valence-electron chi connectivity index (χ2n) is 7.34. The van der Waals surface area contributed by atoms with Crippen molar-refractivity contribution >= 4 is 34.1 Å². The van der Waals surface area contributed by atoms with E-state index >= 15 is 0 Å². The summed E-state index contributed by atoms with van der Waals surface area (Å²) < 4.78 is 5.24. The minimum atomic E-state index is -0.109. The van der Waals surface area contributed by atoms with Crippen LogP contribution in [0.15, 0.2) is 60.8 Å². The average Bonchev–Trinajstić information content (AvgIpc) is 2.75. The zero-order chi connectivity index (χ0) is 20.1. The highest BCUT2D eigenvalue weighted by Gasteiger charge is 2.28. The van der Waals surface area contributed by atoms with Crippen molar-refractivity contribution in [3.63, 3.8) is 0 Å². The zero-order valence-corrected chi connectivity index (χ0v) is 16.2. The highest BCUT2D eigenvalue weighted by atomic mass is 16.5. The Morgan fingerprint density at radius 1 is 0.897 bits per heavy atom. The average molecular weight is 381 g/mol. The van der Waals surface area contributed by atoms with Crippen LogP contribution in [0, 0.1) is 6.92 Å². The number of nitrogens with zero attached hydrogens (tertiary/aromatic N) is 1. The summed E-state index contributed by atoms with van der Waals surface area (Å²) in [6.45, 7) is 2.63. The van der Waals surface area contributed by atoms with E-state index < -0.39 is 0 Å². The molecule has 1 aliphatic carbocycles. The summed E-state index contributed by atoms with van der Waals surface area (Å²) in [4.78, 5) is 27.4. The summed E-state index contributed by atoms with van der Waals surface area (Å²) >= 11 is 0. The molecule has 1 heterocycles. The molecule has 0 atom stereocenters. The predicted molar refractivity (Wildman–Crippen MR) is 115 cm³/mol. The molecule has 4 heteroatoms. The molecular formula is C25H19NO3. The van der Waals surface area contributed by atoms with Crippen LogP contribution in [0.4, 0.5) is 5.69 Å². The van der Waals surface area contributed by atoms with E-state index in [-0.39, 0.29) is 11.6 Å². The fourth-order valence-electron chi connectivity index (χ4n) is 4.32. The molecule has 0 unspecified atom stereocenters. The van der Waals surface area contributed by atoms with E-state index in [1.165, 1.54) is 12.2 Å². The summed E-state index contributed by atoms with van der Waals surface area (Å²) in [7, 11) is 1.66. The largest absolute Gasteiger partial charge is 0.497 e. The Morgan fingerprint density at radius 2 is 1.62 bits per heavy atom. The van der Waals surface area contributed by atoms with Gasteiger partial charge in [0.25, 0.3) is 0 Å². The van der Waals surface area contributed by atoms with E-state index in [0.717, 1.165) is 38.9 Å². The Hall–Kier alpha value is -3.66. The number of fused-ring (bicyclic) bond motifs is 2. The molecule has 2 aliphatic rings. The van der Waals surface area contributed by atoms with Crippen molar-refractivity contribution in [2.45, 2.75) is 13.5 Å². The van der Waals surface area contributed by atoms with Gasteiger partial charge in [0.1, 0.15) is 5.75 Å². The number of carbonyl (C=O) groups is 2. The van der Waals surface area contributed by atoms with E-state index in [9.17, 15) is 9.59 Å². The van der Waals surface area contributed by atoms with Crippen LogP contribution in [0.2, 0.25) is 0 Å². The van der Waals surface area contributed by atoms with Gasteiger partial charge >= 0.3 is 0 Å². The molecule has 0 fully saturated rings. The lowest BCUT2D eigenvalue weighted by Gasteiger charge is -2.29. The first-order chi connectivity index (χ1) is 14.1. The molecule has 0 saturated carbocycles. The van der Waals surface area contributed by atoms with E-state index in [4.69, 9.17) is 4.74 Å². The fourth-order valence-corrected chi connectivity index (χ4v) is 4.32. The number of hydrogen-bond acceptors (Lipinski definition) is 4. The Balaban J connectivity index is 1.68. The minimum absolute atomic E-state index is 0.102. The maximum atomic E-state index is 12.7. The third kappa shape index (κ3) is 2.60. The topological polar surface area (TPSA) is 46.6 Å². The number of allylic oxidation sites excluding steroid dienone is 2. The van der Waals surface area contributed by atoms with Crippen LogP contribution in [-0.2, 0) is 6.54 Å². The van der Waals surface area contributed by atoms with Crippen LogP contribution in [0.5, 0.6) is 5.75 Å². The molecule has 4 nitrogen and oxygen atoms in total. The van der Waals surface area contributed by atoms with Crippen molar-refractivity contribution in [2.75, 3.05) is 12.0 Å². The first-order valence-electron chi connectivity index (χ1n) is 9.52. The summed E-state index contributed by atoms with van der Waals surface area (Å²) in [5.41, 5.74) is 5.12. The van der Waals surface area contributed by atoms with Gasteiger partial charge in [-0.25, -0.2) is 0 Å². The molecule has 0 radical (unpaired) electrons. The molecule has 0 bridgehead atoms. The first-order valence-corrected chi connectivity index (χ1v) is 9.52. The van der Waals surface area contributed by atoms with Gasteiger partial charge in [0, 0.05) is 34.9 Å². The summed E-state index contributed by atoms with van der Waals surface area (Å²) in [6, 6.07) is 14.0. The van der Waals surface area contributed by atoms with Gasteiger partial charge in [0.2, 0.25) is 0 Å².